The Morgan fingerprint density at radius 3 is 2.18 bits per heavy atom. The Kier molecular flexibility index (Phi) is 13.5. The van der Waals surface area contributed by atoms with E-state index in [1.165, 1.54) is 11.0 Å². The summed E-state index contributed by atoms with van der Waals surface area (Å²) in [5.74, 6) is -3.34. The number of amides is 5. The molecule has 16 heteroatoms. The van der Waals surface area contributed by atoms with Gasteiger partial charge in [0.25, 0.3) is 5.91 Å². The number of fused-ring (bicyclic) bond motifs is 1. The monoisotopic (exact) mass is 718 g/mol. The maximum absolute atomic E-state index is 14.3. The lowest BCUT2D eigenvalue weighted by Crippen LogP contribution is -2.62. The summed E-state index contributed by atoms with van der Waals surface area (Å²) >= 11 is 0. The first kappa shape index (κ1) is 40.4. The molecule has 0 spiro atoms. The van der Waals surface area contributed by atoms with Crippen LogP contribution < -0.4 is 21.3 Å². The van der Waals surface area contributed by atoms with E-state index in [9.17, 15) is 41.4 Å². The van der Waals surface area contributed by atoms with Crippen LogP contribution in [0.1, 0.15) is 67.7 Å². The van der Waals surface area contributed by atoms with Crippen LogP contribution in [0.5, 0.6) is 0 Å². The highest BCUT2D eigenvalue weighted by Crippen LogP contribution is 2.59. The summed E-state index contributed by atoms with van der Waals surface area (Å²) in [7, 11) is -1.12. The van der Waals surface area contributed by atoms with Crippen molar-refractivity contribution < 1.29 is 41.4 Å². The molecule has 0 aromatic heterocycles. The molecule has 2 aliphatic heterocycles. The van der Waals surface area contributed by atoms with E-state index in [2.05, 4.69) is 27.8 Å². The molecule has 49 heavy (non-hydrogen) atoms. The van der Waals surface area contributed by atoms with Gasteiger partial charge in [-0.3, -0.25) is 19.2 Å². The average molecular weight is 719 g/mol. The molecule has 1 aliphatic carbocycles. The zero-order valence-corrected chi connectivity index (χ0v) is 30.3. The smallest absolute Gasteiger partial charge is 0.346 e. The minimum absolute atomic E-state index is 0.00858. The van der Waals surface area contributed by atoms with E-state index in [1.54, 1.807) is 20.8 Å². The number of carbonyl (C=O) groups is 5. The van der Waals surface area contributed by atoms with Crippen molar-refractivity contribution in [2.75, 3.05) is 31.9 Å². The van der Waals surface area contributed by atoms with Crippen LogP contribution in [-0.2, 0) is 30.2 Å². The fourth-order valence-electron chi connectivity index (χ4n) is 6.96. The van der Waals surface area contributed by atoms with Gasteiger partial charge in [-0.05, 0) is 47.8 Å². The van der Waals surface area contributed by atoms with Crippen molar-refractivity contribution in [2.24, 2.45) is 35.0 Å². The van der Waals surface area contributed by atoms with Crippen molar-refractivity contribution >= 4 is 40.5 Å². The molecule has 2 saturated heterocycles. The lowest BCUT2D eigenvalue weighted by Gasteiger charge is -2.38. The van der Waals surface area contributed by atoms with E-state index >= 15 is 0 Å². The lowest BCUT2D eigenvalue weighted by atomic mass is 9.85. The molecule has 3 unspecified atom stereocenters. The van der Waals surface area contributed by atoms with Gasteiger partial charge >= 0.3 is 12.2 Å². The van der Waals surface area contributed by atoms with E-state index in [1.807, 2.05) is 32.0 Å². The van der Waals surface area contributed by atoms with Gasteiger partial charge in [-0.15, -0.1) is 6.58 Å². The van der Waals surface area contributed by atoms with Crippen molar-refractivity contribution in [1.29, 1.82) is 0 Å². The summed E-state index contributed by atoms with van der Waals surface area (Å²) in [5, 5.41) is 10.4. The van der Waals surface area contributed by atoms with E-state index < -0.39 is 83.1 Å². The molecule has 12 nitrogen and oxygen atoms in total. The first-order valence-corrected chi connectivity index (χ1v) is 18.3. The van der Waals surface area contributed by atoms with Crippen molar-refractivity contribution in [3.63, 3.8) is 0 Å². The van der Waals surface area contributed by atoms with E-state index in [0.29, 0.717) is 18.8 Å². The molecule has 8 atom stereocenters. The van der Waals surface area contributed by atoms with Crippen LogP contribution in [0.4, 0.5) is 18.0 Å². The zero-order valence-electron chi connectivity index (χ0n) is 29.5. The van der Waals surface area contributed by atoms with Gasteiger partial charge in [-0.2, -0.15) is 13.2 Å². The molecule has 0 bridgehead atoms. The summed E-state index contributed by atoms with van der Waals surface area (Å²) in [6, 6.07) is -4.96. The van der Waals surface area contributed by atoms with Crippen LogP contribution >= 0.6 is 0 Å². The molecule has 0 aromatic rings. The van der Waals surface area contributed by atoms with Crippen molar-refractivity contribution in [2.45, 2.75) is 98.1 Å². The van der Waals surface area contributed by atoms with E-state index in [0.717, 1.165) is 6.42 Å². The molecule has 4 N–H and O–H groups in total. The molecular formula is C33H53F3N6O6S. The molecule has 0 aromatic carbocycles. The lowest BCUT2D eigenvalue weighted by molar-refractivity contribution is -0.147. The third-order valence-corrected chi connectivity index (χ3v) is 11.2. The molecule has 5 amide bonds. The number of rotatable bonds is 15. The molecule has 1 saturated carbocycles. The minimum atomic E-state index is -4.65. The minimum Gasteiger partial charge on any atom is -0.346 e. The number of likely N-dealkylation sites (tertiary alicyclic amines) is 1. The molecular weight excluding hydrogens is 665 g/mol. The van der Waals surface area contributed by atoms with Gasteiger partial charge in [0.15, 0.2) is 0 Å². The summed E-state index contributed by atoms with van der Waals surface area (Å²) < 4.78 is 53.8. The fourth-order valence-corrected chi connectivity index (χ4v) is 8.25. The van der Waals surface area contributed by atoms with Crippen molar-refractivity contribution in [1.82, 2.24) is 30.5 Å². The highest BCUT2D eigenvalue weighted by Gasteiger charge is 2.65. The number of urea groups is 1. The molecule has 3 rings (SSSR count). The number of alkyl halides is 3. The standard InChI is InChI=1S/C33H53F3N6O6S/c1-9-13-37-29(45)26(43)21(11-12-33(34,35)36)38-28(44)25-24-20(23(24)19(4)5)16-42(25)30(46)27(32(6,7)8)40-31(47)39-22(18(2)3)17-41-14-10-15-49(41)48/h9,18-25,27H,1,10-17H2,2-8H3,(H,37,45)(H,38,44)(H2,39,40,47)/t20-,21?,22-,23?,24-,25+,27-,49?/m1/s1. The van der Waals surface area contributed by atoms with E-state index in [-0.39, 0.29) is 48.7 Å². The Balaban J connectivity index is 1.84. The number of hydrogen-bond acceptors (Lipinski definition) is 6. The third kappa shape index (κ3) is 10.5. The second-order valence-corrected chi connectivity index (χ2v) is 16.7. The van der Waals surface area contributed by atoms with Gasteiger partial charge < -0.3 is 26.2 Å². The third-order valence-electron chi connectivity index (χ3n) is 9.63. The zero-order chi connectivity index (χ0) is 37.0. The Bertz CT molecular complexity index is 1290. The maximum atomic E-state index is 14.3. The SMILES string of the molecule is C=CCNC(=O)C(=O)C(CCC(F)(F)F)NC(=O)[C@@H]1[C@H]2C(C(C)C)[C@H]2CN1C(=O)[C@@H](NC(=O)N[C@H](CN1CCCS1=O)C(C)C)C(C)(C)C. The number of carbonyl (C=O) groups excluding carboxylic acids is 5. The van der Waals surface area contributed by atoms with Crippen LogP contribution in [0.15, 0.2) is 12.7 Å². The van der Waals surface area contributed by atoms with Gasteiger partial charge in [0.1, 0.15) is 12.1 Å². The number of nitrogens with zero attached hydrogens (tertiary/aromatic N) is 2. The average Bonchev–Trinajstić information content (AvgIpc) is 3.32. The molecule has 278 valence electrons. The normalized spacial score (nSPS) is 25.7. The van der Waals surface area contributed by atoms with Crippen LogP contribution in [0.25, 0.3) is 0 Å². The van der Waals surface area contributed by atoms with Gasteiger partial charge in [0.05, 0.1) is 17.0 Å². The summed E-state index contributed by atoms with van der Waals surface area (Å²) in [6.45, 7) is 17.7. The van der Waals surface area contributed by atoms with Crippen LogP contribution in [0.3, 0.4) is 0 Å². The fraction of sp³-hybridized carbons (Fsp3) is 0.788. The topological polar surface area (TPSA) is 157 Å². The summed E-state index contributed by atoms with van der Waals surface area (Å²) in [6.07, 6.45) is -4.82. The number of halogens is 3. The number of piperidine rings is 1. The highest BCUT2D eigenvalue weighted by molar-refractivity contribution is 7.82. The maximum Gasteiger partial charge on any atom is 0.389 e. The number of hydrogen-bond donors (Lipinski definition) is 4. The van der Waals surface area contributed by atoms with Gasteiger partial charge in [-0.1, -0.05) is 54.5 Å². The first-order valence-electron chi connectivity index (χ1n) is 17.0. The van der Waals surface area contributed by atoms with Gasteiger partial charge in [0.2, 0.25) is 17.6 Å². The second-order valence-electron chi connectivity index (χ2n) is 15.1. The Morgan fingerprint density at radius 2 is 1.67 bits per heavy atom. The molecule has 0 radical (unpaired) electrons. The summed E-state index contributed by atoms with van der Waals surface area (Å²) in [4.78, 5) is 68.3. The van der Waals surface area contributed by atoms with Crippen molar-refractivity contribution in [3.8, 4) is 0 Å². The Hall–Kier alpha value is -3.01. The molecule has 3 aliphatic rings. The summed E-state index contributed by atoms with van der Waals surface area (Å²) in [5.41, 5.74) is -0.822. The van der Waals surface area contributed by atoms with E-state index in [4.69, 9.17) is 0 Å². The molecule has 3 fully saturated rings. The number of Topliss-reactive ketones (excluding diaryl/α,β-unsaturated/α-hetero) is 1. The number of nitrogens with one attached hydrogen (secondary N) is 4. The largest absolute Gasteiger partial charge is 0.389 e. The van der Waals surface area contributed by atoms with Gasteiger partial charge in [0, 0.05) is 44.4 Å². The van der Waals surface area contributed by atoms with Crippen LogP contribution in [0, 0.1) is 35.0 Å². The second kappa shape index (κ2) is 16.3. The van der Waals surface area contributed by atoms with Crippen LogP contribution in [0.2, 0.25) is 0 Å². The predicted molar refractivity (Wildman–Crippen MR) is 179 cm³/mol. The Labute approximate surface area is 289 Å². The molecule has 2 heterocycles. The van der Waals surface area contributed by atoms with Crippen molar-refractivity contribution in [3.05, 3.63) is 12.7 Å². The first-order chi connectivity index (χ1) is 22.7. The predicted octanol–water partition coefficient (Wildman–Crippen LogP) is 2.52. The highest BCUT2D eigenvalue weighted by atomic mass is 32.2. The Morgan fingerprint density at radius 1 is 1.02 bits per heavy atom. The quantitative estimate of drug-likeness (QED) is 0.151. The van der Waals surface area contributed by atoms with Gasteiger partial charge in [-0.25, -0.2) is 13.3 Å². The number of ketones is 1. The van der Waals surface area contributed by atoms with Crippen LogP contribution in [-0.4, -0.2) is 105 Å².